The molecule has 0 aromatic carbocycles. The lowest BCUT2D eigenvalue weighted by Gasteiger charge is -2.10. The first-order chi connectivity index (χ1) is 6.06. The number of hydrogen-bond donors (Lipinski definition) is 1. The zero-order valence-corrected chi connectivity index (χ0v) is 9.05. The molecule has 0 aromatic heterocycles. The van der Waals surface area contributed by atoms with E-state index in [1.54, 1.807) is 0 Å². The van der Waals surface area contributed by atoms with Gasteiger partial charge in [0.2, 0.25) is 0 Å². The van der Waals surface area contributed by atoms with Crippen LogP contribution in [0.3, 0.4) is 0 Å². The fourth-order valence-corrected chi connectivity index (χ4v) is 1.47. The summed E-state index contributed by atoms with van der Waals surface area (Å²) >= 11 is 0. The Morgan fingerprint density at radius 2 is 1.85 bits per heavy atom. The number of rotatable bonds is 7. The van der Waals surface area contributed by atoms with Gasteiger partial charge in [0.15, 0.2) is 0 Å². The maximum absolute atomic E-state index is 11.4. The Morgan fingerprint density at radius 3 is 2.31 bits per heavy atom. The minimum absolute atomic E-state index is 0.239. The summed E-state index contributed by atoms with van der Waals surface area (Å²) in [6.45, 7) is 6.45. The number of ketones is 1. The van der Waals surface area contributed by atoms with Gasteiger partial charge in [-0.3, -0.25) is 4.79 Å². The number of aliphatic hydroxyl groups excluding tert-OH is 1. The summed E-state index contributed by atoms with van der Waals surface area (Å²) in [5, 5.41) is 8.61. The van der Waals surface area contributed by atoms with Gasteiger partial charge in [-0.15, -0.1) is 0 Å². The Bertz CT molecular complexity index is 141. The van der Waals surface area contributed by atoms with Gasteiger partial charge in [0.1, 0.15) is 5.78 Å². The molecule has 0 aliphatic rings. The molecule has 0 saturated carbocycles. The Hall–Kier alpha value is -0.370. The second-order valence-corrected chi connectivity index (χ2v) is 4.31. The molecule has 0 bridgehead atoms. The molecule has 0 amide bonds. The molecule has 0 rings (SSSR count). The van der Waals surface area contributed by atoms with Crippen LogP contribution in [0, 0.1) is 11.8 Å². The lowest BCUT2D eigenvalue weighted by Crippen LogP contribution is -2.08. The maximum atomic E-state index is 11.4. The van der Waals surface area contributed by atoms with E-state index < -0.39 is 0 Å². The zero-order valence-electron chi connectivity index (χ0n) is 9.05. The van der Waals surface area contributed by atoms with Gasteiger partial charge < -0.3 is 5.11 Å². The third-order valence-corrected chi connectivity index (χ3v) is 2.07. The van der Waals surface area contributed by atoms with Crippen molar-refractivity contribution in [2.75, 3.05) is 6.61 Å². The summed E-state index contributed by atoms with van der Waals surface area (Å²) in [4.78, 5) is 11.4. The standard InChI is InChI=1S/C11H22O2/c1-9(2)7-11(13)8-10(3)5-4-6-12/h9-10,12H,4-8H2,1-3H3. The second-order valence-electron chi connectivity index (χ2n) is 4.31. The van der Waals surface area contributed by atoms with Gasteiger partial charge in [-0.25, -0.2) is 0 Å². The van der Waals surface area contributed by atoms with Crippen LogP contribution in [0.25, 0.3) is 0 Å². The highest BCUT2D eigenvalue weighted by Gasteiger charge is 2.10. The predicted octanol–water partition coefficient (Wildman–Crippen LogP) is 2.40. The molecule has 0 aliphatic heterocycles. The largest absolute Gasteiger partial charge is 0.396 e. The molecule has 0 heterocycles. The molecule has 13 heavy (non-hydrogen) atoms. The number of carbonyl (C=O) groups excluding carboxylic acids is 1. The Kier molecular flexibility index (Phi) is 6.87. The molecule has 0 radical (unpaired) electrons. The van der Waals surface area contributed by atoms with Crippen LogP contribution < -0.4 is 0 Å². The van der Waals surface area contributed by atoms with Crippen LogP contribution in [-0.4, -0.2) is 17.5 Å². The molecule has 1 atom stereocenters. The van der Waals surface area contributed by atoms with Crippen molar-refractivity contribution in [3.63, 3.8) is 0 Å². The average molecular weight is 186 g/mol. The third kappa shape index (κ3) is 7.97. The van der Waals surface area contributed by atoms with E-state index in [1.165, 1.54) is 0 Å². The molecule has 2 nitrogen and oxygen atoms in total. The lowest BCUT2D eigenvalue weighted by molar-refractivity contribution is -0.120. The summed E-state index contributed by atoms with van der Waals surface area (Å²) in [6.07, 6.45) is 3.15. The highest BCUT2D eigenvalue weighted by Crippen LogP contribution is 2.13. The smallest absolute Gasteiger partial charge is 0.133 e. The van der Waals surface area contributed by atoms with Crippen LogP contribution in [-0.2, 0) is 4.79 Å². The molecule has 0 aliphatic carbocycles. The van der Waals surface area contributed by atoms with E-state index in [2.05, 4.69) is 20.8 Å². The number of aliphatic hydroxyl groups is 1. The summed E-state index contributed by atoms with van der Waals surface area (Å²) in [7, 11) is 0. The quantitative estimate of drug-likeness (QED) is 0.663. The Morgan fingerprint density at radius 1 is 1.23 bits per heavy atom. The van der Waals surface area contributed by atoms with Gasteiger partial charge in [0, 0.05) is 19.4 Å². The summed E-state index contributed by atoms with van der Waals surface area (Å²) < 4.78 is 0. The topological polar surface area (TPSA) is 37.3 Å². The van der Waals surface area contributed by atoms with E-state index in [0.717, 1.165) is 12.8 Å². The van der Waals surface area contributed by atoms with Gasteiger partial charge in [0.25, 0.3) is 0 Å². The van der Waals surface area contributed by atoms with Crippen LogP contribution in [0.5, 0.6) is 0 Å². The molecular weight excluding hydrogens is 164 g/mol. The van der Waals surface area contributed by atoms with Crippen molar-refractivity contribution in [1.29, 1.82) is 0 Å². The summed E-state index contributed by atoms with van der Waals surface area (Å²) in [5.74, 6) is 1.26. The van der Waals surface area contributed by atoms with E-state index in [1.807, 2.05) is 0 Å². The number of carbonyl (C=O) groups is 1. The van der Waals surface area contributed by atoms with Gasteiger partial charge in [-0.2, -0.15) is 0 Å². The van der Waals surface area contributed by atoms with Crippen molar-refractivity contribution < 1.29 is 9.90 Å². The molecule has 0 aromatic rings. The Balaban J connectivity index is 3.53. The molecular formula is C11H22O2. The van der Waals surface area contributed by atoms with E-state index >= 15 is 0 Å². The monoisotopic (exact) mass is 186 g/mol. The average Bonchev–Trinajstić information content (AvgIpc) is 1.98. The van der Waals surface area contributed by atoms with E-state index in [9.17, 15) is 4.79 Å². The van der Waals surface area contributed by atoms with Crippen molar-refractivity contribution in [3.05, 3.63) is 0 Å². The molecule has 1 N–H and O–H groups in total. The van der Waals surface area contributed by atoms with Crippen molar-refractivity contribution in [1.82, 2.24) is 0 Å². The second kappa shape index (κ2) is 7.07. The van der Waals surface area contributed by atoms with Gasteiger partial charge >= 0.3 is 0 Å². The fourth-order valence-electron chi connectivity index (χ4n) is 1.47. The molecule has 1 unspecified atom stereocenters. The van der Waals surface area contributed by atoms with Crippen molar-refractivity contribution in [3.8, 4) is 0 Å². The van der Waals surface area contributed by atoms with Gasteiger partial charge in [-0.1, -0.05) is 20.8 Å². The van der Waals surface area contributed by atoms with Crippen molar-refractivity contribution >= 4 is 5.78 Å². The van der Waals surface area contributed by atoms with Crippen molar-refractivity contribution in [2.24, 2.45) is 11.8 Å². The number of hydrogen-bond acceptors (Lipinski definition) is 2. The molecule has 0 fully saturated rings. The molecule has 78 valence electrons. The van der Waals surface area contributed by atoms with Crippen molar-refractivity contribution in [2.45, 2.75) is 46.5 Å². The first-order valence-electron chi connectivity index (χ1n) is 5.18. The van der Waals surface area contributed by atoms with Gasteiger partial charge in [0.05, 0.1) is 0 Å². The Labute approximate surface area is 81.3 Å². The molecule has 0 saturated heterocycles. The summed E-state index contributed by atoms with van der Waals surface area (Å²) in [5.41, 5.74) is 0. The fraction of sp³-hybridized carbons (Fsp3) is 0.909. The van der Waals surface area contributed by atoms with E-state index in [4.69, 9.17) is 5.11 Å². The van der Waals surface area contributed by atoms with Crippen LogP contribution in [0.1, 0.15) is 46.5 Å². The van der Waals surface area contributed by atoms with Crippen LogP contribution in [0.4, 0.5) is 0 Å². The van der Waals surface area contributed by atoms with Crippen LogP contribution in [0.15, 0.2) is 0 Å². The normalized spacial score (nSPS) is 13.3. The van der Waals surface area contributed by atoms with Gasteiger partial charge in [-0.05, 0) is 24.7 Å². The minimum atomic E-state index is 0.239. The number of Topliss-reactive ketones (excluding diaryl/α,β-unsaturated/α-hetero) is 1. The lowest BCUT2D eigenvalue weighted by atomic mass is 9.95. The first-order valence-corrected chi connectivity index (χ1v) is 5.18. The third-order valence-electron chi connectivity index (χ3n) is 2.07. The van der Waals surface area contributed by atoms with Crippen LogP contribution >= 0.6 is 0 Å². The van der Waals surface area contributed by atoms with E-state index in [0.29, 0.717) is 30.5 Å². The highest BCUT2D eigenvalue weighted by molar-refractivity contribution is 5.78. The highest BCUT2D eigenvalue weighted by atomic mass is 16.2. The minimum Gasteiger partial charge on any atom is -0.396 e. The zero-order chi connectivity index (χ0) is 10.3. The molecule has 2 heteroatoms. The van der Waals surface area contributed by atoms with Crippen LogP contribution in [0.2, 0.25) is 0 Å². The predicted molar refractivity (Wildman–Crippen MR) is 54.6 cm³/mol. The van der Waals surface area contributed by atoms with E-state index in [-0.39, 0.29) is 6.61 Å². The SMILES string of the molecule is CC(C)CC(=O)CC(C)CCCO. The molecule has 0 spiro atoms. The maximum Gasteiger partial charge on any atom is 0.133 e. The first kappa shape index (κ1) is 12.6. The summed E-state index contributed by atoms with van der Waals surface area (Å²) in [6, 6.07) is 0.